The van der Waals surface area contributed by atoms with Gasteiger partial charge in [0.15, 0.2) is 17.2 Å². The first-order valence-electron chi connectivity index (χ1n) is 9.78. The molecule has 1 unspecified atom stereocenters. The summed E-state index contributed by atoms with van der Waals surface area (Å²) >= 11 is 0. The summed E-state index contributed by atoms with van der Waals surface area (Å²) < 4.78 is 31.6. The normalized spacial score (nSPS) is 11.7. The van der Waals surface area contributed by atoms with E-state index in [1.807, 2.05) is 0 Å². The fourth-order valence-electron chi connectivity index (χ4n) is 3.23. The molecule has 1 N–H and O–H groups in total. The third-order valence-electron chi connectivity index (χ3n) is 4.92. The molecule has 0 saturated heterocycles. The summed E-state index contributed by atoms with van der Waals surface area (Å²) in [6.07, 6.45) is 1.77. The lowest BCUT2D eigenvalue weighted by atomic mass is 10.2. The zero-order valence-electron chi connectivity index (χ0n) is 18.9. The Bertz CT molecular complexity index is 1190. The standard InChI is InChI=1S/C23H24O9S/c1-27-14-6-7-15-16(12-14)32-23(26)21(19(15)24)33(5)9-8-31-22(25)13-10-17(28-2)20(30-4)18(11-13)29-3/h6-7,10-12H,8-9H2,1-5H3/p+1. The summed E-state index contributed by atoms with van der Waals surface area (Å²) in [4.78, 5) is 25.2. The summed E-state index contributed by atoms with van der Waals surface area (Å²) in [5.41, 5.74) is -0.191. The van der Waals surface area contributed by atoms with Gasteiger partial charge in [-0.05, 0) is 24.3 Å². The molecule has 1 atom stereocenters. The molecule has 0 fully saturated rings. The molecule has 2 aromatic carbocycles. The van der Waals surface area contributed by atoms with Crippen LogP contribution in [0.2, 0.25) is 0 Å². The number of hydrogen-bond donors (Lipinski definition) is 1. The van der Waals surface area contributed by atoms with Gasteiger partial charge in [-0.1, -0.05) is 0 Å². The second kappa shape index (κ2) is 10.4. The smallest absolute Gasteiger partial charge is 0.396 e. The molecular formula is C23H25O9S+. The van der Waals surface area contributed by atoms with Crippen LogP contribution in [0.5, 0.6) is 28.7 Å². The van der Waals surface area contributed by atoms with Gasteiger partial charge in [0.1, 0.15) is 29.9 Å². The maximum Gasteiger partial charge on any atom is 0.396 e. The largest absolute Gasteiger partial charge is 0.503 e. The molecule has 0 bridgehead atoms. The number of esters is 1. The first kappa shape index (κ1) is 24.1. The summed E-state index contributed by atoms with van der Waals surface area (Å²) in [6, 6.07) is 7.81. The number of aromatic hydroxyl groups is 1. The van der Waals surface area contributed by atoms with Gasteiger partial charge in [0.25, 0.3) is 4.90 Å². The Morgan fingerprint density at radius 2 is 1.67 bits per heavy atom. The van der Waals surface area contributed by atoms with Crippen LogP contribution in [0.1, 0.15) is 10.4 Å². The van der Waals surface area contributed by atoms with E-state index in [2.05, 4.69) is 0 Å². The lowest BCUT2D eigenvalue weighted by molar-refractivity contribution is 0.0529. The SMILES string of the molecule is COc1ccc2c(O)c([S+](C)CCOC(=O)c3cc(OC)c(OC)c(OC)c3)c(=O)oc2c1. The molecular weight excluding hydrogens is 452 g/mol. The van der Waals surface area contributed by atoms with Gasteiger partial charge in [0, 0.05) is 17.0 Å². The van der Waals surface area contributed by atoms with Crippen LogP contribution in [0.3, 0.4) is 0 Å². The molecule has 0 saturated carbocycles. The van der Waals surface area contributed by atoms with Crippen molar-refractivity contribution in [1.82, 2.24) is 0 Å². The van der Waals surface area contributed by atoms with E-state index in [-0.39, 0.29) is 28.4 Å². The van der Waals surface area contributed by atoms with E-state index < -0.39 is 22.5 Å². The van der Waals surface area contributed by atoms with Crippen LogP contribution in [0.25, 0.3) is 11.0 Å². The molecule has 1 heterocycles. The van der Waals surface area contributed by atoms with Crippen LogP contribution in [0.15, 0.2) is 44.4 Å². The van der Waals surface area contributed by atoms with Crippen LogP contribution in [-0.4, -0.2) is 58.1 Å². The minimum atomic E-state index is -0.744. The summed E-state index contributed by atoms with van der Waals surface area (Å²) in [5.74, 6) is 1.10. The minimum Gasteiger partial charge on any atom is -0.503 e. The molecule has 10 heteroatoms. The van der Waals surface area contributed by atoms with Crippen molar-refractivity contribution in [2.75, 3.05) is 47.1 Å². The summed E-state index contributed by atoms with van der Waals surface area (Å²) in [6.45, 7) is 0.0225. The third kappa shape index (κ3) is 4.95. The van der Waals surface area contributed by atoms with E-state index in [0.717, 1.165) is 0 Å². The zero-order valence-corrected chi connectivity index (χ0v) is 19.7. The van der Waals surface area contributed by atoms with Crippen molar-refractivity contribution in [1.29, 1.82) is 0 Å². The van der Waals surface area contributed by atoms with Gasteiger partial charge >= 0.3 is 11.6 Å². The topological polar surface area (TPSA) is 114 Å². The maximum absolute atomic E-state index is 12.6. The van der Waals surface area contributed by atoms with Crippen LogP contribution in [-0.2, 0) is 15.6 Å². The summed E-state index contributed by atoms with van der Waals surface area (Å²) in [7, 11) is 5.12. The lowest BCUT2D eigenvalue weighted by Crippen LogP contribution is -2.20. The molecule has 0 amide bonds. The van der Waals surface area contributed by atoms with Gasteiger partial charge in [-0.2, -0.15) is 0 Å². The molecule has 3 aromatic rings. The molecule has 33 heavy (non-hydrogen) atoms. The monoisotopic (exact) mass is 477 g/mol. The second-order valence-electron chi connectivity index (χ2n) is 6.82. The van der Waals surface area contributed by atoms with Crippen LogP contribution in [0.4, 0.5) is 0 Å². The van der Waals surface area contributed by atoms with Gasteiger partial charge < -0.3 is 33.2 Å². The molecule has 0 aliphatic carbocycles. The average molecular weight is 478 g/mol. The van der Waals surface area contributed by atoms with E-state index >= 15 is 0 Å². The molecule has 9 nitrogen and oxygen atoms in total. The molecule has 0 aliphatic rings. The number of carbonyl (C=O) groups is 1. The fourth-order valence-corrected chi connectivity index (χ4v) is 4.53. The average Bonchev–Trinajstić information content (AvgIpc) is 2.82. The Hall–Kier alpha value is -3.53. The number of methoxy groups -OCH3 is 4. The minimum absolute atomic E-state index is 0.0225. The number of fused-ring (bicyclic) bond motifs is 1. The van der Waals surface area contributed by atoms with Crippen LogP contribution in [0, 0.1) is 0 Å². The Balaban J connectivity index is 1.74. The Labute approximate surface area is 193 Å². The van der Waals surface area contributed by atoms with Crippen LogP contribution < -0.4 is 24.6 Å². The molecule has 0 spiro atoms. The second-order valence-corrected chi connectivity index (χ2v) is 8.91. The molecule has 3 rings (SSSR count). The van der Waals surface area contributed by atoms with Crippen molar-refractivity contribution in [3.63, 3.8) is 0 Å². The zero-order chi connectivity index (χ0) is 24.1. The van der Waals surface area contributed by atoms with Crippen molar-refractivity contribution in [3.05, 3.63) is 46.3 Å². The van der Waals surface area contributed by atoms with E-state index in [1.54, 1.807) is 18.4 Å². The number of carbonyl (C=O) groups excluding carboxylic acids is 1. The van der Waals surface area contributed by atoms with Crippen LogP contribution >= 0.6 is 0 Å². The third-order valence-corrected chi connectivity index (χ3v) is 6.75. The van der Waals surface area contributed by atoms with Gasteiger partial charge in [0.2, 0.25) is 5.75 Å². The Morgan fingerprint density at radius 1 is 1.00 bits per heavy atom. The number of hydrogen-bond acceptors (Lipinski definition) is 9. The molecule has 176 valence electrons. The van der Waals surface area contributed by atoms with Crippen molar-refractivity contribution >= 4 is 27.8 Å². The Morgan fingerprint density at radius 3 is 2.24 bits per heavy atom. The molecule has 0 aliphatic heterocycles. The quantitative estimate of drug-likeness (QED) is 0.282. The highest BCUT2D eigenvalue weighted by molar-refractivity contribution is 7.96. The van der Waals surface area contributed by atoms with Gasteiger partial charge in [0.05, 0.1) is 39.4 Å². The van der Waals surface area contributed by atoms with Crippen molar-refractivity contribution in [3.8, 4) is 28.7 Å². The van der Waals surface area contributed by atoms with Crippen molar-refractivity contribution in [2.24, 2.45) is 0 Å². The Kier molecular flexibility index (Phi) is 7.59. The lowest BCUT2D eigenvalue weighted by Gasteiger charge is -2.13. The molecule has 1 aromatic heterocycles. The van der Waals surface area contributed by atoms with Gasteiger partial charge in [-0.25, -0.2) is 9.59 Å². The molecule has 0 radical (unpaired) electrons. The highest BCUT2D eigenvalue weighted by atomic mass is 32.2. The van der Waals surface area contributed by atoms with Gasteiger partial charge in [-0.15, -0.1) is 0 Å². The number of rotatable bonds is 9. The fraction of sp³-hybridized carbons (Fsp3) is 0.304. The number of ether oxygens (including phenoxy) is 5. The maximum atomic E-state index is 12.6. The first-order valence-corrected chi connectivity index (χ1v) is 11.6. The predicted octanol–water partition coefficient (Wildman–Crippen LogP) is 3.00. The van der Waals surface area contributed by atoms with Crippen molar-refractivity contribution in [2.45, 2.75) is 4.90 Å². The van der Waals surface area contributed by atoms with E-state index in [1.165, 1.54) is 46.6 Å². The predicted molar refractivity (Wildman–Crippen MR) is 124 cm³/mol. The van der Waals surface area contributed by atoms with Gasteiger partial charge in [-0.3, -0.25) is 0 Å². The van der Waals surface area contributed by atoms with Crippen molar-refractivity contribution < 1.29 is 38.0 Å². The summed E-state index contributed by atoms with van der Waals surface area (Å²) in [5, 5.41) is 11.1. The number of benzene rings is 2. The van der Waals surface area contributed by atoms with E-state index in [0.29, 0.717) is 34.1 Å². The first-order chi connectivity index (χ1) is 15.8. The van der Waals surface area contributed by atoms with E-state index in [4.69, 9.17) is 28.1 Å². The highest BCUT2D eigenvalue weighted by Gasteiger charge is 2.29. The highest BCUT2D eigenvalue weighted by Crippen LogP contribution is 2.38. The van der Waals surface area contributed by atoms with E-state index in [9.17, 15) is 14.7 Å².